The third kappa shape index (κ3) is 4.85. The van der Waals surface area contributed by atoms with E-state index in [0.717, 1.165) is 32.0 Å². The molecule has 1 fully saturated rings. The maximum Gasteiger partial charge on any atom is 0.243 e. The van der Waals surface area contributed by atoms with Crippen LogP contribution in [0.2, 0.25) is 0 Å². The molecule has 0 spiro atoms. The monoisotopic (exact) mass is 404 g/mol. The Bertz CT molecular complexity index is 595. The molecule has 1 saturated heterocycles. The first-order valence-electron chi connectivity index (χ1n) is 6.25. The van der Waals surface area contributed by atoms with E-state index in [4.69, 9.17) is 0 Å². The lowest BCUT2D eigenvalue weighted by molar-refractivity contribution is 0.375. The Kier molecular flexibility index (Phi) is 6.99. The number of rotatable bonds is 4. The van der Waals surface area contributed by atoms with E-state index in [1.165, 1.54) is 0 Å². The zero-order valence-electron chi connectivity index (χ0n) is 11.0. The number of halogens is 4. The molecule has 9 heteroatoms. The predicted molar refractivity (Wildman–Crippen MR) is 82.1 cm³/mol. The van der Waals surface area contributed by atoms with Crippen molar-refractivity contribution in [3.8, 4) is 0 Å². The van der Waals surface area contributed by atoms with Crippen molar-refractivity contribution in [2.24, 2.45) is 5.92 Å². The molecule has 1 atom stereocenters. The average molecular weight is 406 g/mol. The van der Waals surface area contributed by atoms with E-state index < -0.39 is 26.6 Å². The minimum absolute atomic E-state index is 0. The average Bonchev–Trinajstić information content (AvgIpc) is 2.42. The van der Waals surface area contributed by atoms with Crippen molar-refractivity contribution in [3.05, 3.63) is 28.2 Å². The Morgan fingerprint density at radius 1 is 1.33 bits per heavy atom. The Morgan fingerprint density at radius 2 is 2.05 bits per heavy atom. The molecule has 1 aromatic rings. The summed E-state index contributed by atoms with van der Waals surface area (Å²) in [5.41, 5.74) is 0. The van der Waals surface area contributed by atoms with E-state index in [-0.39, 0.29) is 29.3 Å². The summed E-state index contributed by atoms with van der Waals surface area (Å²) in [5, 5.41) is 3.16. The molecule has 1 aliphatic rings. The van der Waals surface area contributed by atoms with Crippen LogP contribution in [0.3, 0.4) is 0 Å². The molecule has 0 amide bonds. The lowest BCUT2D eigenvalue weighted by atomic mass is 10.0. The number of hydrogen-bond acceptors (Lipinski definition) is 3. The number of nitrogens with one attached hydrogen (secondary N) is 2. The quantitative estimate of drug-likeness (QED) is 0.757. The zero-order valence-corrected chi connectivity index (χ0v) is 14.3. The lowest BCUT2D eigenvalue weighted by Crippen LogP contribution is -2.38. The van der Waals surface area contributed by atoms with Crippen molar-refractivity contribution >= 4 is 38.4 Å². The SMILES string of the molecule is Cl.O=S(=O)(NCC1CCCNC1)c1cc(F)c(Br)cc1F. The maximum atomic E-state index is 13.7. The Hall–Kier alpha value is -0.280. The highest BCUT2D eigenvalue weighted by atomic mass is 79.9. The number of benzene rings is 1. The van der Waals surface area contributed by atoms with Gasteiger partial charge in [0.15, 0.2) is 0 Å². The van der Waals surface area contributed by atoms with Gasteiger partial charge < -0.3 is 5.32 Å². The smallest absolute Gasteiger partial charge is 0.243 e. The summed E-state index contributed by atoms with van der Waals surface area (Å²) in [6, 6.07) is 1.49. The van der Waals surface area contributed by atoms with Gasteiger partial charge in [0, 0.05) is 6.54 Å². The van der Waals surface area contributed by atoms with E-state index in [2.05, 4.69) is 26.0 Å². The van der Waals surface area contributed by atoms with Crippen LogP contribution in [-0.2, 0) is 10.0 Å². The standard InChI is InChI=1S/C12H15BrF2N2O2S.ClH/c13-9-4-11(15)12(5-10(9)14)20(18,19)17-7-8-2-1-3-16-6-8;/h4-5,8,16-17H,1-3,6-7H2;1H. The van der Waals surface area contributed by atoms with Gasteiger partial charge in [-0.3, -0.25) is 0 Å². The fraction of sp³-hybridized carbons (Fsp3) is 0.500. The van der Waals surface area contributed by atoms with Gasteiger partial charge in [-0.25, -0.2) is 21.9 Å². The van der Waals surface area contributed by atoms with Crippen molar-refractivity contribution in [1.82, 2.24) is 10.0 Å². The number of sulfonamides is 1. The Morgan fingerprint density at radius 3 is 2.67 bits per heavy atom. The molecule has 0 aromatic heterocycles. The van der Waals surface area contributed by atoms with Crippen LogP contribution in [0, 0.1) is 17.6 Å². The molecular weight excluding hydrogens is 390 g/mol. The van der Waals surface area contributed by atoms with Crippen LogP contribution >= 0.6 is 28.3 Å². The van der Waals surface area contributed by atoms with Crippen molar-refractivity contribution in [1.29, 1.82) is 0 Å². The summed E-state index contributed by atoms with van der Waals surface area (Å²) in [5.74, 6) is -1.62. The van der Waals surface area contributed by atoms with Gasteiger partial charge in [-0.15, -0.1) is 12.4 Å². The number of piperidine rings is 1. The van der Waals surface area contributed by atoms with Crippen molar-refractivity contribution in [2.75, 3.05) is 19.6 Å². The second kappa shape index (κ2) is 7.82. The first-order valence-corrected chi connectivity index (χ1v) is 8.52. The van der Waals surface area contributed by atoms with Crippen LogP contribution in [0.25, 0.3) is 0 Å². The molecule has 1 aromatic carbocycles. The highest BCUT2D eigenvalue weighted by Gasteiger charge is 2.23. The molecular formula is C12H16BrClF2N2O2S. The fourth-order valence-electron chi connectivity index (χ4n) is 2.11. The zero-order chi connectivity index (χ0) is 14.8. The van der Waals surface area contributed by atoms with Crippen LogP contribution < -0.4 is 10.0 Å². The third-order valence-electron chi connectivity index (χ3n) is 3.23. The molecule has 21 heavy (non-hydrogen) atoms. The summed E-state index contributed by atoms with van der Waals surface area (Å²) in [6.07, 6.45) is 1.89. The normalized spacial score (nSPS) is 19.1. The van der Waals surface area contributed by atoms with Crippen molar-refractivity contribution in [3.63, 3.8) is 0 Å². The molecule has 1 unspecified atom stereocenters. The minimum atomic E-state index is -4.04. The largest absolute Gasteiger partial charge is 0.316 e. The molecule has 0 radical (unpaired) electrons. The molecule has 120 valence electrons. The molecule has 0 aliphatic carbocycles. The van der Waals surface area contributed by atoms with E-state index in [9.17, 15) is 17.2 Å². The molecule has 1 aliphatic heterocycles. The Balaban J connectivity index is 0.00000220. The fourth-order valence-corrected chi connectivity index (χ4v) is 3.61. The molecule has 0 bridgehead atoms. The van der Waals surface area contributed by atoms with Crippen LogP contribution in [-0.4, -0.2) is 28.1 Å². The van der Waals surface area contributed by atoms with E-state index in [1.54, 1.807) is 0 Å². The highest BCUT2D eigenvalue weighted by molar-refractivity contribution is 9.10. The molecule has 4 nitrogen and oxygen atoms in total. The second-order valence-electron chi connectivity index (χ2n) is 4.76. The van der Waals surface area contributed by atoms with E-state index in [1.807, 2.05) is 0 Å². The highest BCUT2D eigenvalue weighted by Crippen LogP contribution is 2.23. The van der Waals surface area contributed by atoms with Crippen LogP contribution in [0.5, 0.6) is 0 Å². The van der Waals surface area contributed by atoms with Gasteiger partial charge in [0.05, 0.1) is 4.47 Å². The van der Waals surface area contributed by atoms with Gasteiger partial charge in [-0.2, -0.15) is 0 Å². The first-order chi connectivity index (χ1) is 9.40. The maximum absolute atomic E-state index is 13.7. The third-order valence-corrected chi connectivity index (χ3v) is 5.27. The van der Waals surface area contributed by atoms with Crippen molar-refractivity contribution < 1.29 is 17.2 Å². The van der Waals surface area contributed by atoms with Crippen LogP contribution in [0.15, 0.2) is 21.5 Å². The summed E-state index contributed by atoms with van der Waals surface area (Å²) in [4.78, 5) is -0.665. The van der Waals surface area contributed by atoms with Gasteiger partial charge in [0.2, 0.25) is 10.0 Å². The van der Waals surface area contributed by atoms with Gasteiger partial charge >= 0.3 is 0 Å². The van der Waals surface area contributed by atoms with Crippen LogP contribution in [0.1, 0.15) is 12.8 Å². The predicted octanol–water partition coefficient (Wildman–Crippen LogP) is 2.43. The summed E-state index contributed by atoms with van der Waals surface area (Å²) < 4.78 is 53.3. The van der Waals surface area contributed by atoms with Gasteiger partial charge in [-0.05, 0) is 59.9 Å². The van der Waals surface area contributed by atoms with Crippen LogP contribution in [0.4, 0.5) is 8.78 Å². The molecule has 1 heterocycles. The molecule has 0 saturated carbocycles. The lowest BCUT2D eigenvalue weighted by Gasteiger charge is -2.22. The molecule has 2 N–H and O–H groups in total. The summed E-state index contributed by atoms with van der Waals surface area (Å²) in [6.45, 7) is 1.86. The van der Waals surface area contributed by atoms with E-state index >= 15 is 0 Å². The number of hydrogen-bond donors (Lipinski definition) is 2. The minimum Gasteiger partial charge on any atom is -0.316 e. The Labute approximate surface area is 137 Å². The topological polar surface area (TPSA) is 58.2 Å². The van der Waals surface area contributed by atoms with Gasteiger partial charge in [0.1, 0.15) is 16.5 Å². The van der Waals surface area contributed by atoms with E-state index in [0.29, 0.717) is 6.07 Å². The first kappa shape index (κ1) is 18.8. The van der Waals surface area contributed by atoms with Gasteiger partial charge in [-0.1, -0.05) is 0 Å². The summed E-state index contributed by atoms with van der Waals surface area (Å²) >= 11 is 2.81. The van der Waals surface area contributed by atoms with Crippen molar-refractivity contribution in [2.45, 2.75) is 17.7 Å². The summed E-state index contributed by atoms with van der Waals surface area (Å²) in [7, 11) is -4.04. The second-order valence-corrected chi connectivity index (χ2v) is 7.35. The van der Waals surface area contributed by atoms with Gasteiger partial charge in [0.25, 0.3) is 0 Å². The molecule has 2 rings (SSSR count).